The van der Waals surface area contributed by atoms with Crippen LogP contribution in [-0.2, 0) is 16.0 Å². The van der Waals surface area contributed by atoms with Crippen LogP contribution in [0.2, 0.25) is 0 Å². The number of rotatable bonds is 3. The maximum absolute atomic E-state index is 9.07. The molecule has 2 aliphatic rings. The van der Waals surface area contributed by atoms with Crippen LogP contribution in [0, 0.1) is 0 Å². The van der Waals surface area contributed by atoms with Gasteiger partial charge in [0.15, 0.2) is 5.79 Å². The molecule has 1 aromatic carbocycles. The van der Waals surface area contributed by atoms with Crippen LogP contribution in [0.3, 0.4) is 0 Å². The van der Waals surface area contributed by atoms with E-state index in [0.29, 0.717) is 18.7 Å². The minimum atomic E-state index is -1.39. The summed E-state index contributed by atoms with van der Waals surface area (Å²) in [7, 11) is -1.39. The van der Waals surface area contributed by atoms with Gasteiger partial charge in [-0.1, -0.05) is 24.3 Å². The minimum absolute atomic E-state index is 0.318. The molecule has 2 fully saturated rings. The van der Waals surface area contributed by atoms with Gasteiger partial charge >= 0.3 is 7.12 Å². The molecule has 0 atom stereocenters. The number of benzene rings is 1. The van der Waals surface area contributed by atoms with Gasteiger partial charge in [0.25, 0.3) is 0 Å². The van der Waals surface area contributed by atoms with Gasteiger partial charge in [-0.05, 0) is 11.0 Å². The summed E-state index contributed by atoms with van der Waals surface area (Å²) in [5.74, 6) is -0.318. The topological polar surface area (TPSA) is 62.2 Å². The summed E-state index contributed by atoms with van der Waals surface area (Å²) in [6, 6.07) is 7.41. The van der Waals surface area contributed by atoms with Crippen molar-refractivity contribution >= 4 is 12.6 Å². The fraction of sp³-hybridized carbons (Fsp3) is 0.571. The second-order valence-corrected chi connectivity index (χ2v) is 5.50. The highest BCUT2D eigenvalue weighted by atomic mass is 16.7. The van der Waals surface area contributed by atoms with Gasteiger partial charge in [0.2, 0.25) is 0 Å². The molecule has 2 aliphatic heterocycles. The quantitative estimate of drug-likeness (QED) is 0.743. The van der Waals surface area contributed by atoms with Crippen molar-refractivity contribution in [3.8, 4) is 0 Å². The van der Waals surface area contributed by atoms with Crippen LogP contribution in [0.1, 0.15) is 18.4 Å². The number of likely N-dealkylation sites (tertiary alicyclic amines) is 1. The first-order valence-electron chi connectivity index (χ1n) is 7.12. The van der Waals surface area contributed by atoms with Gasteiger partial charge in [0.05, 0.1) is 13.2 Å². The molecule has 6 heteroatoms. The fourth-order valence-corrected chi connectivity index (χ4v) is 2.89. The van der Waals surface area contributed by atoms with Crippen molar-refractivity contribution in [3.05, 3.63) is 29.8 Å². The SMILES string of the molecule is OB(O)c1ccc(CN2CCC3(CC2)OCCO3)cc1. The molecule has 2 heterocycles. The van der Waals surface area contributed by atoms with Crippen molar-refractivity contribution in [2.75, 3.05) is 26.3 Å². The molecule has 0 bridgehead atoms. The predicted molar refractivity (Wildman–Crippen MR) is 75.4 cm³/mol. The minimum Gasteiger partial charge on any atom is -0.423 e. The van der Waals surface area contributed by atoms with E-state index in [1.54, 1.807) is 12.1 Å². The van der Waals surface area contributed by atoms with E-state index in [2.05, 4.69) is 4.90 Å². The van der Waals surface area contributed by atoms with Crippen molar-refractivity contribution in [3.63, 3.8) is 0 Å². The third-order valence-electron chi connectivity index (χ3n) is 4.12. The van der Waals surface area contributed by atoms with Gasteiger partial charge in [-0.2, -0.15) is 0 Å². The lowest BCUT2D eigenvalue weighted by atomic mass is 9.80. The van der Waals surface area contributed by atoms with Crippen molar-refractivity contribution in [1.82, 2.24) is 4.90 Å². The first-order valence-corrected chi connectivity index (χ1v) is 7.12. The van der Waals surface area contributed by atoms with E-state index < -0.39 is 7.12 Å². The molecule has 0 amide bonds. The highest BCUT2D eigenvalue weighted by molar-refractivity contribution is 6.58. The lowest BCUT2D eigenvalue weighted by Crippen LogP contribution is -2.44. The van der Waals surface area contributed by atoms with Gasteiger partial charge in [0, 0.05) is 32.5 Å². The van der Waals surface area contributed by atoms with E-state index in [4.69, 9.17) is 19.5 Å². The van der Waals surface area contributed by atoms with Crippen molar-refractivity contribution < 1.29 is 19.5 Å². The molecule has 20 heavy (non-hydrogen) atoms. The average Bonchev–Trinajstić information content (AvgIpc) is 2.91. The maximum Gasteiger partial charge on any atom is 0.488 e. The normalized spacial score (nSPS) is 22.3. The van der Waals surface area contributed by atoms with Gasteiger partial charge in [-0.15, -0.1) is 0 Å². The van der Waals surface area contributed by atoms with Gasteiger partial charge < -0.3 is 19.5 Å². The number of hydrogen-bond acceptors (Lipinski definition) is 5. The first-order chi connectivity index (χ1) is 9.67. The molecule has 108 valence electrons. The Hall–Kier alpha value is -0.915. The first kappa shape index (κ1) is 14.0. The second kappa shape index (κ2) is 5.83. The molecular formula is C14H20BNO4. The Labute approximate surface area is 119 Å². The van der Waals surface area contributed by atoms with E-state index in [1.807, 2.05) is 12.1 Å². The largest absolute Gasteiger partial charge is 0.488 e. The Balaban J connectivity index is 1.54. The van der Waals surface area contributed by atoms with Crippen LogP contribution >= 0.6 is 0 Å². The van der Waals surface area contributed by atoms with Gasteiger partial charge in [-0.25, -0.2) is 0 Å². The van der Waals surface area contributed by atoms with E-state index in [9.17, 15) is 0 Å². The van der Waals surface area contributed by atoms with Crippen LogP contribution < -0.4 is 5.46 Å². The van der Waals surface area contributed by atoms with Crippen molar-refractivity contribution in [1.29, 1.82) is 0 Å². The summed E-state index contributed by atoms with van der Waals surface area (Å²) in [6.07, 6.45) is 1.83. The fourth-order valence-electron chi connectivity index (χ4n) is 2.89. The highest BCUT2D eigenvalue weighted by Gasteiger charge is 2.39. The number of nitrogens with zero attached hydrogens (tertiary/aromatic N) is 1. The van der Waals surface area contributed by atoms with E-state index in [0.717, 1.165) is 32.5 Å². The average molecular weight is 277 g/mol. The van der Waals surface area contributed by atoms with E-state index in [-0.39, 0.29) is 5.79 Å². The standard InChI is InChI=1S/C14H20BNO4/c17-15(18)13-3-1-12(2-4-13)11-16-7-5-14(6-8-16)19-9-10-20-14/h1-4,17-18H,5-11H2. The van der Waals surface area contributed by atoms with Crippen LogP contribution in [-0.4, -0.2) is 54.2 Å². The zero-order valence-electron chi connectivity index (χ0n) is 11.5. The van der Waals surface area contributed by atoms with Gasteiger partial charge in [-0.3, -0.25) is 4.90 Å². The Bertz CT molecular complexity index is 435. The monoisotopic (exact) mass is 277 g/mol. The Morgan fingerprint density at radius 3 is 2.20 bits per heavy atom. The second-order valence-electron chi connectivity index (χ2n) is 5.50. The molecule has 3 rings (SSSR count). The number of ether oxygens (including phenoxy) is 2. The number of piperidine rings is 1. The molecule has 2 saturated heterocycles. The summed E-state index contributed by atoms with van der Waals surface area (Å²) in [5.41, 5.74) is 1.71. The van der Waals surface area contributed by atoms with E-state index in [1.165, 1.54) is 5.56 Å². The molecule has 0 aromatic heterocycles. The highest BCUT2D eigenvalue weighted by Crippen LogP contribution is 2.31. The molecule has 2 N–H and O–H groups in total. The molecular weight excluding hydrogens is 257 g/mol. The van der Waals surface area contributed by atoms with E-state index >= 15 is 0 Å². The third-order valence-corrected chi connectivity index (χ3v) is 4.12. The number of hydrogen-bond donors (Lipinski definition) is 2. The Morgan fingerprint density at radius 1 is 1.05 bits per heavy atom. The molecule has 1 aromatic rings. The summed E-state index contributed by atoms with van der Waals surface area (Å²) < 4.78 is 11.4. The molecule has 0 radical (unpaired) electrons. The Kier molecular flexibility index (Phi) is 4.09. The summed E-state index contributed by atoms with van der Waals surface area (Å²) >= 11 is 0. The van der Waals surface area contributed by atoms with Crippen molar-refractivity contribution in [2.45, 2.75) is 25.2 Å². The molecule has 1 spiro atoms. The lowest BCUT2D eigenvalue weighted by Gasteiger charge is -2.37. The molecule has 0 unspecified atom stereocenters. The summed E-state index contributed by atoms with van der Waals surface area (Å²) in [6.45, 7) is 4.22. The summed E-state index contributed by atoms with van der Waals surface area (Å²) in [5, 5.41) is 18.1. The molecule has 5 nitrogen and oxygen atoms in total. The zero-order chi connectivity index (χ0) is 14.0. The van der Waals surface area contributed by atoms with Crippen LogP contribution in [0.15, 0.2) is 24.3 Å². The summed E-state index contributed by atoms with van der Waals surface area (Å²) in [4.78, 5) is 2.38. The van der Waals surface area contributed by atoms with Crippen LogP contribution in [0.4, 0.5) is 0 Å². The third kappa shape index (κ3) is 3.05. The smallest absolute Gasteiger partial charge is 0.423 e. The zero-order valence-corrected chi connectivity index (χ0v) is 11.5. The maximum atomic E-state index is 9.07. The Morgan fingerprint density at radius 2 is 1.65 bits per heavy atom. The predicted octanol–water partition coefficient (Wildman–Crippen LogP) is -0.295. The van der Waals surface area contributed by atoms with Crippen LogP contribution in [0.5, 0.6) is 0 Å². The lowest BCUT2D eigenvalue weighted by molar-refractivity contribution is -0.185. The van der Waals surface area contributed by atoms with Crippen LogP contribution in [0.25, 0.3) is 0 Å². The van der Waals surface area contributed by atoms with Gasteiger partial charge in [0.1, 0.15) is 0 Å². The molecule has 0 saturated carbocycles. The van der Waals surface area contributed by atoms with Crippen molar-refractivity contribution in [2.24, 2.45) is 0 Å². The molecule has 0 aliphatic carbocycles.